The lowest BCUT2D eigenvalue weighted by molar-refractivity contribution is -0.116. The number of rotatable bonds is 1. The highest BCUT2D eigenvalue weighted by Gasteiger charge is 2.17. The van der Waals surface area contributed by atoms with Gasteiger partial charge in [0.2, 0.25) is 0 Å². The van der Waals surface area contributed by atoms with Crippen molar-refractivity contribution in [3.05, 3.63) is 71.1 Å². The van der Waals surface area contributed by atoms with Crippen LogP contribution in [0.1, 0.15) is 26.7 Å². The van der Waals surface area contributed by atoms with E-state index in [1.165, 1.54) is 0 Å². The molecule has 0 saturated heterocycles. The summed E-state index contributed by atoms with van der Waals surface area (Å²) in [5.74, 6) is -0.0821. The molecule has 0 aromatic rings. The number of carbonyl (C=O) groups is 1. The van der Waals surface area contributed by atoms with E-state index in [1.54, 1.807) is 12.4 Å². The fourth-order valence-corrected chi connectivity index (χ4v) is 2.28. The number of nitrogens with zero attached hydrogens (tertiary/aromatic N) is 1. The third-order valence-corrected chi connectivity index (χ3v) is 3.45. The van der Waals surface area contributed by atoms with Crippen LogP contribution < -0.4 is 5.32 Å². The molecule has 0 atom stereocenters. The summed E-state index contributed by atoms with van der Waals surface area (Å²) in [6, 6.07) is 0. The van der Waals surface area contributed by atoms with Gasteiger partial charge < -0.3 is 5.32 Å². The molecule has 2 rings (SSSR count). The molecule has 0 aromatic carbocycles. The molecule has 3 heteroatoms. The third-order valence-electron chi connectivity index (χ3n) is 3.45. The number of nitrogens with one attached hydrogen (secondary N) is 1. The van der Waals surface area contributed by atoms with E-state index in [-0.39, 0.29) is 5.91 Å². The molecule has 0 fully saturated rings. The topological polar surface area (TPSA) is 41.5 Å². The number of carbonyl (C=O) groups excluding carboxylic acids is 1. The summed E-state index contributed by atoms with van der Waals surface area (Å²) >= 11 is 0. The van der Waals surface area contributed by atoms with Crippen LogP contribution in [0.2, 0.25) is 0 Å². The minimum absolute atomic E-state index is 0.0821. The molecule has 1 aliphatic carbocycles. The highest BCUT2D eigenvalue weighted by molar-refractivity contribution is 5.97. The number of amides is 1. The Morgan fingerprint density at radius 3 is 2.95 bits per heavy atom. The zero-order chi connectivity index (χ0) is 15.2. The van der Waals surface area contributed by atoms with Crippen molar-refractivity contribution in [3.63, 3.8) is 0 Å². The molecule has 0 spiro atoms. The van der Waals surface area contributed by atoms with Crippen LogP contribution in [0.3, 0.4) is 0 Å². The highest BCUT2D eigenvalue weighted by atomic mass is 16.1. The maximum absolute atomic E-state index is 12.3. The predicted octanol–water partition coefficient (Wildman–Crippen LogP) is 3.75. The Morgan fingerprint density at radius 1 is 1.38 bits per heavy atom. The predicted molar refractivity (Wildman–Crippen MR) is 87.8 cm³/mol. The Labute approximate surface area is 125 Å². The van der Waals surface area contributed by atoms with Gasteiger partial charge in [0.25, 0.3) is 5.91 Å². The maximum atomic E-state index is 12.3. The Morgan fingerprint density at radius 2 is 2.19 bits per heavy atom. The lowest BCUT2D eigenvalue weighted by Gasteiger charge is -2.14. The first-order chi connectivity index (χ1) is 10.1. The third kappa shape index (κ3) is 3.57. The minimum atomic E-state index is -0.0821. The molecular weight excluding hydrogens is 260 g/mol. The summed E-state index contributed by atoms with van der Waals surface area (Å²) < 4.78 is 0. The fourth-order valence-electron chi connectivity index (χ4n) is 2.28. The van der Waals surface area contributed by atoms with Crippen LogP contribution in [0, 0.1) is 0 Å². The van der Waals surface area contributed by atoms with Gasteiger partial charge in [-0.25, -0.2) is 0 Å². The molecule has 21 heavy (non-hydrogen) atoms. The molecule has 3 nitrogen and oxygen atoms in total. The molecule has 1 N–H and O–H groups in total. The number of hydrogen-bond donors (Lipinski definition) is 1. The Hall–Kier alpha value is -2.42. The highest BCUT2D eigenvalue weighted by Crippen LogP contribution is 2.25. The van der Waals surface area contributed by atoms with Gasteiger partial charge in [0.05, 0.1) is 5.70 Å². The van der Waals surface area contributed by atoms with Crippen molar-refractivity contribution in [1.82, 2.24) is 5.32 Å². The van der Waals surface area contributed by atoms with E-state index in [1.807, 2.05) is 38.2 Å². The van der Waals surface area contributed by atoms with E-state index in [2.05, 4.69) is 23.0 Å². The number of aliphatic imine (C=N–C) groups is 1. The fraction of sp³-hybridized carbons (Fsp3) is 0.222. The van der Waals surface area contributed by atoms with Crippen molar-refractivity contribution in [2.24, 2.45) is 4.99 Å². The molecule has 108 valence electrons. The van der Waals surface area contributed by atoms with Gasteiger partial charge in [0.1, 0.15) is 0 Å². The van der Waals surface area contributed by atoms with Crippen molar-refractivity contribution in [2.75, 3.05) is 0 Å². The smallest absolute Gasteiger partial charge is 0.251 e. The lowest BCUT2D eigenvalue weighted by Crippen LogP contribution is -2.21. The van der Waals surface area contributed by atoms with Crippen LogP contribution in [-0.2, 0) is 4.79 Å². The molecule has 2 aliphatic rings. The molecule has 0 radical (unpaired) electrons. The quantitative estimate of drug-likeness (QED) is 0.780. The van der Waals surface area contributed by atoms with E-state index < -0.39 is 0 Å². The van der Waals surface area contributed by atoms with Gasteiger partial charge in [0, 0.05) is 23.6 Å². The van der Waals surface area contributed by atoms with Gasteiger partial charge in [-0.3, -0.25) is 9.79 Å². The maximum Gasteiger partial charge on any atom is 0.251 e. The summed E-state index contributed by atoms with van der Waals surface area (Å²) in [7, 11) is 0. The van der Waals surface area contributed by atoms with Crippen molar-refractivity contribution in [2.45, 2.75) is 26.7 Å². The SMILES string of the molecule is C=C1N=C/C(C)=C(/C=C\C)\C=C\NC(=O)C2=C1C=CCC2. The number of hydrogen-bond acceptors (Lipinski definition) is 2. The molecule has 0 aromatic heterocycles. The van der Waals surface area contributed by atoms with Gasteiger partial charge in [-0.1, -0.05) is 30.9 Å². The summed E-state index contributed by atoms with van der Waals surface area (Å²) in [5, 5.41) is 2.83. The minimum Gasteiger partial charge on any atom is -0.329 e. The zero-order valence-corrected chi connectivity index (χ0v) is 12.5. The van der Waals surface area contributed by atoms with E-state index in [0.717, 1.165) is 28.7 Å². The zero-order valence-electron chi connectivity index (χ0n) is 12.5. The van der Waals surface area contributed by atoms with Crippen molar-refractivity contribution < 1.29 is 4.79 Å². The van der Waals surface area contributed by atoms with Crippen LogP contribution in [0.25, 0.3) is 0 Å². The number of allylic oxidation sites excluding steroid dienone is 7. The van der Waals surface area contributed by atoms with Gasteiger partial charge in [-0.05, 0) is 43.9 Å². The Kier molecular flexibility index (Phi) is 4.88. The van der Waals surface area contributed by atoms with Crippen molar-refractivity contribution >= 4 is 12.1 Å². The van der Waals surface area contributed by atoms with E-state index in [4.69, 9.17) is 0 Å². The summed E-state index contributed by atoms with van der Waals surface area (Å²) in [5.41, 5.74) is 4.22. The normalized spacial score (nSPS) is 24.9. The summed E-state index contributed by atoms with van der Waals surface area (Å²) in [6.45, 7) is 7.94. The standard InChI is InChI=1S/C18H20N2O/c1-4-7-15-10-11-19-18(21)17-9-6-5-8-16(17)14(3)20-12-13(15)2/h4-5,7-8,10-12H,3,6,9H2,1-2H3,(H,19,21)/b7-4-,11-10+,15-13-,20-12?. The van der Waals surface area contributed by atoms with Crippen LogP contribution in [0.5, 0.6) is 0 Å². The second kappa shape index (κ2) is 6.84. The first-order valence-corrected chi connectivity index (χ1v) is 7.07. The Bertz CT molecular complexity index is 640. The molecule has 1 heterocycles. The summed E-state index contributed by atoms with van der Waals surface area (Å²) in [6.07, 6.45) is 14.9. The van der Waals surface area contributed by atoms with E-state index >= 15 is 0 Å². The van der Waals surface area contributed by atoms with Gasteiger partial charge in [-0.15, -0.1) is 0 Å². The summed E-state index contributed by atoms with van der Waals surface area (Å²) in [4.78, 5) is 16.7. The van der Waals surface area contributed by atoms with Gasteiger partial charge in [0.15, 0.2) is 0 Å². The molecule has 0 saturated carbocycles. The average molecular weight is 280 g/mol. The molecule has 1 aliphatic heterocycles. The first kappa shape index (κ1) is 15.0. The van der Waals surface area contributed by atoms with E-state index in [9.17, 15) is 4.79 Å². The van der Waals surface area contributed by atoms with Crippen LogP contribution in [-0.4, -0.2) is 12.1 Å². The Balaban J connectivity index is 2.48. The second-order valence-corrected chi connectivity index (χ2v) is 4.98. The largest absolute Gasteiger partial charge is 0.329 e. The lowest BCUT2D eigenvalue weighted by atomic mass is 9.95. The van der Waals surface area contributed by atoms with Gasteiger partial charge >= 0.3 is 0 Å². The van der Waals surface area contributed by atoms with E-state index in [0.29, 0.717) is 12.1 Å². The van der Waals surface area contributed by atoms with Crippen LogP contribution in [0.4, 0.5) is 0 Å². The molecular formula is C18H20N2O. The van der Waals surface area contributed by atoms with Crippen molar-refractivity contribution in [3.8, 4) is 0 Å². The van der Waals surface area contributed by atoms with Gasteiger partial charge in [-0.2, -0.15) is 0 Å². The second-order valence-electron chi connectivity index (χ2n) is 4.98. The van der Waals surface area contributed by atoms with Crippen molar-refractivity contribution in [1.29, 1.82) is 0 Å². The van der Waals surface area contributed by atoms with Crippen LogP contribution in [0.15, 0.2) is 76.1 Å². The van der Waals surface area contributed by atoms with Crippen LogP contribution >= 0.6 is 0 Å². The first-order valence-electron chi connectivity index (χ1n) is 7.07. The molecule has 0 unspecified atom stereocenters. The molecule has 0 bridgehead atoms. The monoisotopic (exact) mass is 280 g/mol. The molecule has 1 amide bonds. The average Bonchev–Trinajstić information content (AvgIpc) is 2.52.